The second kappa shape index (κ2) is 10.8. The average molecular weight is 475 g/mol. The molecule has 33 heavy (non-hydrogen) atoms. The number of rotatable bonds is 8. The molecule has 2 saturated heterocycles. The Morgan fingerprint density at radius 2 is 2.12 bits per heavy atom. The molecule has 0 unspecified atom stereocenters. The van der Waals surface area contributed by atoms with Crippen molar-refractivity contribution in [1.29, 1.82) is 0 Å². The van der Waals surface area contributed by atoms with Crippen LogP contribution >= 0.6 is 11.8 Å². The van der Waals surface area contributed by atoms with Crippen LogP contribution < -0.4 is 10.6 Å². The van der Waals surface area contributed by atoms with E-state index in [0.717, 1.165) is 54.9 Å². The van der Waals surface area contributed by atoms with Gasteiger partial charge >= 0.3 is 5.97 Å². The monoisotopic (exact) mass is 474 g/mol. The molecule has 1 amide bonds. The van der Waals surface area contributed by atoms with E-state index in [9.17, 15) is 9.59 Å². The summed E-state index contributed by atoms with van der Waals surface area (Å²) >= 11 is 1.98. The number of nitrogens with zero attached hydrogens (tertiary/aromatic N) is 2. The van der Waals surface area contributed by atoms with Gasteiger partial charge in [0.25, 0.3) is 0 Å². The zero-order valence-electron chi connectivity index (χ0n) is 19.7. The van der Waals surface area contributed by atoms with E-state index < -0.39 is 5.97 Å². The number of aromatic nitrogens is 2. The first-order valence-electron chi connectivity index (χ1n) is 11.9. The Hall–Kier alpha value is -2.26. The number of thioether (sulfide) groups is 1. The van der Waals surface area contributed by atoms with Crippen molar-refractivity contribution in [3.63, 3.8) is 0 Å². The summed E-state index contributed by atoms with van der Waals surface area (Å²) in [5.41, 5.74) is 2.33. The average Bonchev–Trinajstić information content (AvgIpc) is 3.45. The predicted molar refractivity (Wildman–Crippen MR) is 132 cm³/mol. The van der Waals surface area contributed by atoms with Crippen molar-refractivity contribution in [1.82, 2.24) is 9.55 Å². The smallest absolute Gasteiger partial charge is 0.356 e. The maximum atomic E-state index is 12.9. The summed E-state index contributed by atoms with van der Waals surface area (Å²) in [4.78, 5) is 30.6. The molecule has 0 spiro atoms. The summed E-state index contributed by atoms with van der Waals surface area (Å²) < 4.78 is 12.8. The van der Waals surface area contributed by atoms with Crippen LogP contribution in [-0.4, -0.2) is 58.8 Å². The number of esters is 1. The van der Waals surface area contributed by atoms with Crippen molar-refractivity contribution >= 4 is 46.0 Å². The maximum Gasteiger partial charge on any atom is 0.356 e. The standard InChI is InChI=1S/C24H34N4O4S/c1-4-15(2)23(29)27-20-19-12-17(26-16-7-10-33-11-8-16)13-25-22(19)28(21(20)24(30)31-3)14-18-6-5-9-32-18/h12-13,15-16,18,26H,4-11,14H2,1-3H3,(H,27,29)/t15-,18+/m1/s1. The number of hydrogen-bond donors (Lipinski definition) is 2. The van der Waals surface area contributed by atoms with Crippen LogP contribution in [0.3, 0.4) is 0 Å². The van der Waals surface area contributed by atoms with Gasteiger partial charge in [-0.2, -0.15) is 11.8 Å². The first-order valence-corrected chi connectivity index (χ1v) is 13.0. The number of amides is 1. The van der Waals surface area contributed by atoms with E-state index in [-0.39, 0.29) is 17.9 Å². The molecule has 2 fully saturated rings. The molecule has 0 aromatic carbocycles. The lowest BCUT2D eigenvalue weighted by atomic mass is 10.1. The van der Waals surface area contributed by atoms with Crippen LogP contribution in [0.4, 0.5) is 11.4 Å². The fourth-order valence-corrected chi connectivity index (χ4v) is 5.53. The number of hydrogen-bond acceptors (Lipinski definition) is 7. The van der Waals surface area contributed by atoms with Crippen molar-refractivity contribution in [2.45, 2.75) is 64.6 Å². The Morgan fingerprint density at radius 1 is 1.33 bits per heavy atom. The van der Waals surface area contributed by atoms with E-state index in [0.29, 0.717) is 36.0 Å². The largest absolute Gasteiger partial charge is 0.464 e. The molecule has 2 aliphatic heterocycles. The van der Waals surface area contributed by atoms with E-state index in [1.54, 1.807) is 0 Å². The van der Waals surface area contributed by atoms with E-state index >= 15 is 0 Å². The van der Waals surface area contributed by atoms with Gasteiger partial charge in [0, 0.05) is 24.0 Å². The molecule has 2 aromatic rings. The van der Waals surface area contributed by atoms with Gasteiger partial charge in [-0.3, -0.25) is 4.79 Å². The van der Waals surface area contributed by atoms with Crippen molar-refractivity contribution in [2.75, 3.05) is 35.9 Å². The lowest BCUT2D eigenvalue weighted by molar-refractivity contribution is -0.119. The molecule has 0 aliphatic carbocycles. The highest BCUT2D eigenvalue weighted by Gasteiger charge is 2.29. The van der Waals surface area contributed by atoms with Crippen LogP contribution in [0.2, 0.25) is 0 Å². The summed E-state index contributed by atoms with van der Waals surface area (Å²) in [5.74, 6) is 1.49. The van der Waals surface area contributed by atoms with Gasteiger partial charge in [-0.15, -0.1) is 0 Å². The zero-order valence-corrected chi connectivity index (χ0v) is 20.5. The van der Waals surface area contributed by atoms with E-state index in [1.165, 1.54) is 7.11 Å². The molecule has 4 rings (SSSR count). The second-order valence-electron chi connectivity index (χ2n) is 8.89. The van der Waals surface area contributed by atoms with Crippen molar-refractivity contribution in [2.24, 2.45) is 5.92 Å². The van der Waals surface area contributed by atoms with Gasteiger partial charge in [0.2, 0.25) is 5.91 Å². The van der Waals surface area contributed by atoms with Crippen molar-refractivity contribution in [3.05, 3.63) is 18.0 Å². The number of carbonyl (C=O) groups is 2. The number of pyridine rings is 1. The van der Waals surface area contributed by atoms with Gasteiger partial charge in [0.1, 0.15) is 5.65 Å². The quantitative estimate of drug-likeness (QED) is 0.551. The molecule has 0 saturated carbocycles. The van der Waals surface area contributed by atoms with Gasteiger partial charge in [0.15, 0.2) is 5.69 Å². The summed E-state index contributed by atoms with van der Waals surface area (Å²) in [5, 5.41) is 7.35. The Morgan fingerprint density at radius 3 is 2.79 bits per heavy atom. The number of nitrogens with one attached hydrogen (secondary N) is 2. The third-order valence-electron chi connectivity index (χ3n) is 6.59. The van der Waals surface area contributed by atoms with Crippen LogP contribution in [0.25, 0.3) is 11.0 Å². The Kier molecular flexibility index (Phi) is 7.80. The number of ether oxygens (including phenoxy) is 2. The van der Waals surface area contributed by atoms with Gasteiger partial charge in [0.05, 0.1) is 37.3 Å². The predicted octanol–water partition coefficient (Wildman–Crippen LogP) is 4.29. The van der Waals surface area contributed by atoms with Crippen LogP contribution in [0.15, 0.2) is 12.3 Å². The fraction of sp³-hybridized carbons (Fsp3) is 0.625. The topological polar surface area (TPSA) is 94.5 Å². The summed E-state index contributed by atoms with van der Waals surface area (Å²) in [6, 6.07) is 2.40. The third-order valence-corrected chi connectivity index (χ3v) is 7.64. The van der Waals surface area contributed by atoms with Gasteiger partial charge in [-0.25, -0.2) is 9.78 Å². The lowest BCUT2D eigenvalue weighted by Crippen LogP contribution is -2.24. The highest BCUT2D eigenvalue weighted by molar-refractivity contribution is 7.99. The van der Waals surface area contributed by atoms with Crippen LogP contribution in [0.1, 0.15) is 56.4 Å². The van der Waals surface area contributed by atoms with Crippen LogP contribution in [0, 0.1) is 5.92 Å². The SMILES string of the molecule is CC[C@@H](C)C(=O)Nc1c(C(=O)OC)n(C[C@@H]2CCCO2)c2ncc(NC3CCSCC3)cc12. The lowest BCUT2D eigenvalue weighted by Gasteiger charge is -2.23. The van der Waals surface area contributed by atoms with E-state index in [2.05, 4.69) is 10.6 Å². The molecule has 2 N–H and O–H groups in total. The summed E-state index contributed by atoms with van der Waals surface area (Å²) in [7, 11) is 1.36. The molecule has 180 valence electrons. The Labute approximate surface area is 199 Å². The highest BCUT2D eigenvalue weighted by atomic mass is 32.2. The molecule has 4 heterocycles. The molecule has 9 heteroatoms. The first-order chi connectivity index (χ1) is 16.0. The molecule has 0 bridgehead atoms. The zero-order chi connectivity index (χ0) is 23.4. The highest BCUT2D eigenvalue weighted by Crippen LogP contribution is 2.34. The van der Waals surface area contributed by atoms with Gasteiger partial charge in [-0.05, 0) is 49.7 Å². The first kappa shape index (κ1) is 23.9. The number of fused-ring (bicyclic) bond motifs is 1. The van der Waals surface area contributed by atoms with Crippen LogP contribution in [0.5, 0.6) is 0 Å². The number of anilines is 2. The second-order valence-corrected chi connectivity index (χ2v) is 10.1. The summed E-state index contributed by atoms with van der Waals surface area (Å²) in [6.45, 7) is 5.05. The van der Waals surface area contributed by atoms with E-state index in [4.69, 9.17) is 14.5 Å². The Balaban J connectivity index is 1.79. The summed E-state index contributed by atoms with van der Waals surface area (Å²) in [6.07, 6.45) is 6.66. The van der Waals surface area contributed by atoms with Gasteiger partial charge < -0.3 is 24.7 Å². The third kappa shape index (κ3) is 5.30. The molecule has 2 aliphatic rings. The van der Waals surface area contributed by atoms with Crippen molar-refractivity contribution in [3.8, 4) is 0 Å². The maximum absolute atomic E-state index is 12.9. The number of methoxy groups -OCH3 is 1. The van der Waals surface area contributed by atoms with Crippen LogP contribution in [-0.2, 0) is 20.8 Å². The molecule has 2 aromatic heterocycles. The minimum Gasteiger partial charge on any atom is -0.464 e. The molecule has 8 nitrogen and oxygen atoms in total. The number of carbonyl (C=O) groups excluding carboxylic acids is 2. The minimum atomic E-state index is -0.496. The van der Waals surface area contributed by atoms with Crippen molar-refractivity contribution < 1.29 is 19.1 Å². The molecule has 2 atom stereocenters. The minimum absolute atomic E-state index is 0.00136. The molecular weight excluding hydrogens is 440 g/mol. The normalized spacial score (nSPS) is 20.0. The molecular formula is C24H34N4O4S. The van der Waals surface area contributed by atoms with Gasteiger partial charge in [-0.1, -0.05) is 13.8 Å². The van der Waals surface area contributed by atoms with E-state index in [1.807, 2.05) is 42.4 Å². The Bertz CT molecular complexity index is 996. The fourth-order valence-electron chi connectivity index (χ4n) is 4.42. The molecule has 0 radical (unpaired) electrons.